The van der Waals surface area contributed by atoms with Crippen LogP contribution >= 0.6 is 0 Å². The maximum atomic E-state index is 8.75. The second-order valence-electron chi connectivity index (χ2n) is 0.180. The Kier molecular flexibility index (Phi) is 1040. The summed E-state index contributed by atoms with van der Waals surface area (Å²) in [6.45, 7) is -0.500. The van der Waals surface area contributed by atoms with Crippen LogP contribution in [-0.4, -0.2) is 14.1 Å². The third kappa shape index (κ3) is 104. The van der Waals surface area contributed by atoms with Crippen LogP contribution in [0.5, 0.6) is 0 Å². The van der Waals surface area contributed by atoms with Gasteiger partial charge < -0.3 is 9.90 Å². The van der Waals surface area contributed by atoms with Crippen LogP contribution < -0.4 is 5.11 Å². The average Bonchev–Trinajstić information content (AvgIpc) is 1.75. The third-order valence-electron chi connectivity index (χ3n) is 0. The summed E-state index contributed by atoms with van der Waals surface area (Å²) in [6.07, 6.45) is 0.250. The zero-order chi connectivity index (χ0) is 7.41. The van der Waals surface area contributed by atoms with Gasteiger partial charge in [-0.25, -0.2) is 0 Å². The van der Waals surface area contributed by atoms with E-state index in [1.807, 2.05) is 0 Å². The van der Waals surface area contributed by atoms with Crippen LogP contribution in [0.1, 0.15) is 16.3 Å². The lowest BCUT2D eigenvalue weighted by atomic mass is 11.7. The lowest BCUT2D eigenvalue weighted by Gasteiger charge is -1.52. The van der Waals surface area contributed by atoms with Gasteiger partial charge in [0, 0.05) is 7.90 Å². The largest absolute Gasteiger partial charge is 0.554 e. The van der Waals surface area contributed by atoms with Gasteiger partial charge in [-0.3, -0.25) is 4.72 Å². The maximum absolute atomic E-state index is 8.75. The monoisotopic (exact) mass is 144 g/mol. The molecular weight excluding hydrogens is 131 g/mol. The molecule has 0 saturated heterocycles. The van der Waals surface area contributed by atoms with E-state index in [4.69, 9.17) is 24.2 Å². The van der Waals surface area contributed by atoms with Crippen molar-refractivity contribution in [3.8, 4) is 0 Å². The summed E-state index contributed by atoms with van der Waals surface area (Å²) in [4.78, 5) is 24.5. The molecule has 0 bridgehead atoms. The van der Waals surface area contributed by atoms with Crippen LogP contribution in [0.4, 0.5) is 4.72 Å². The summed E-state index contributed by atoms with van der Waals surface area (Å²) >= 11 is 0. The van der Waals surface area contributed by atoms with Crippen molar-refractivity contribution in [1.29, 1.82) is 1.45 Å². The molecule has 0 aliphatic heterocycles. The Morgan fingerprint density at radius 2 is 1.56 bits per heavy atom. The first-order valence-corrected chi connectivity index (χ1v) is 0.880. The molecule has 0 saturated carbocycles. The zero-order valence-electron chi connectivity index (χ0n) is 4.09. The van der Waals surface area contributed by atoms with Gasteiger partial charge in [0.2, 0.25) is 0 Å². The minimum absolute atomic E-state index is 0. The highest BCUT2D eigenvalue weighted by Gasteiger charge is 1.13. The maximum Gasteiger partial charge on any atom is 0.373 e. The Hall–Kier alpha value is -1.22. The fourth-order valence-electron chi connectivity index (χ4n) is 0. The minimum atomic E-state index is -0.500. The smallest absolute Gasteiger partial charge is 0.373 e. The number of carbonyl (C=O) groups is 1. The minimum Gasteiger partial charge on any atom is -0.554 e. The molecule has 0 aliphatic rings. The van der Waals surface area contributed by atoms with Crippen molar-refractivity contribution in [2.45, 2.75) is 14.9 Å². The van der Waals surface area contributed by atoms with E-state index in [9.17, 15) is 0 Å². The Morgan fingerprint density at radius 1 is 1.56 bits per heavy atom. The molecule has 0 aliphatic carbocycles. The molecule has 0 aromatic rings. The molecule has 0 N–H and O–H groups in total. The SMILES string of the molecule is C.C.O=C=O.O=C[O-].[2H]F.[HH]. The topological polar surface area (TPSA) is 74.3 Å². The first kappa shape index (κ1) is 25.0. The van der Waals surface area contributed by atoms with E-state index in [-0.39, 0.29) is 22.4 Å². The molecular formula is C4H12FO4-. The van der Waals surface area contributed by atoms with Crippen molar-refractivity contribution in [3.63, 3.8) is 0 Å². The molecule has 0 aromatic heterocycles. The van der Waals surface area contributed by atoms with Gasteiger partial charge in [0.1, 0.15) is 0 Å². The Labute approximate surface area is 55.9 Å². The van der Waals surface area contributed by atoms with Crippen molar-refractivity contribution in [2.24, 2.45) is 0 Å². The molecule has 0 heterocycles. The van der Waals surface area contributed by atoms with E-state index in [0.717, 1.165) is 0 Å². The molecule has 4 nitrogen and oxygen atoms in total. The molecule has 0 spiro atoms. The lowest BCUT2D eigenvalue weighted by molar-refractivity contribution is -0.283. The number of hydrogen-bond acceptors (Lipinski definition) is 4. The van der Waals surface area contributed by atoms with E-state index >= 15 is 0 Å². The molecule has 0 fully saturated rings. The quantitative estimate of drug-likeness (QED) is 0.427. The van der Waals surface area contributed by atoms with E-state index in [2.05, 4.69) is 1.45 Å². The van der Waals surface area contributed by atoms with Crippen LogP contribution in [0.25, 0.3) is 0 Å². The molecule has 0 amide bonds. The predicted octanol–water partition coefficient (Wildman–Crippen LogP) is -0.547. The fraction of sp³-hybridized carbons (Fsp3) is 0.500. The van der Waals surface area contributed by atoms with Gasteiger partial charge in [0.05, 0.1) is 0 Å². The summed E-state index contributed by atoms with van der Waals surface area (Å²) in [5.41, 5.74) is 0. The normalized spacial score (nSPS) is 3.00. The molecule has 60 valence electrons. The number of carboxylic acid groups (broad SMARTS) is 1. The highest BCUT2D eigenvalue weighted by atomic mass is 19.0. The van der Waals surface area contributed by atoms with E-state index in [1.54, 1.807) is 0 Å². The van der Waals surface area contributed by atoms with Gasteiger partial charge in [0.25, 0.3) is 1.45 Å². The van der Waals surface area contributed by atoms with E-state index < -0.39 is 6.47 Å². The van der Waals surface area contributed by atoms with Crippen LogP contribution in [0.15, 0.2) is 0 Å². The van der Waals surface area contributed by atoms with Crippen LogP contribution in [0.2, 0.25) is 0 Å². The van der Waals surface area contributed by atoms with Crippen molar-refractivity contribution in [3.05, 3.63) is 0 Å². The lowest BCUT2D eigenvalue weighted by Crippen LogP contribution is -2.01. The number of carbonyl (C=O) groups excluding carboxylic acids is 3. The van der Waals surface area contributed by atoms with Gasteiger partial charge in [-0.1, -0.05) is 14.9 Å². The van der Waals surface area contributed by atoms with Gasteiger partial charge in [0.15, 0.2) is 0 Å². The Bertz CT molecular complexity index is 65.1. The van der Waals surface area contributed by atoms with Gasteiger partial charge in [-0.2, -0.15) is 9.59 Å². The van der Waals surface area contributed by atoms with E-state index in [1.165, 1.54) is 0 Å². The number of rotatable bonds is 0. The fourth-order valence-corrected chi connectivity index (χ4v) is 0. The van der Waals surface area contributed by atoms with Crippen molar-refractivity contribution >= 4 is 12.6 Å². The predicted molar refractivity (Wildman–Crippen MR) is 29.1 cm³/mol. The molecule has 5 heteroatoms. The zero-order valence-corrected chi connectivity index (χ0v) is 3.09. The van der Waals surface area contributed by atoms with Crippen LogP contribution in [0, 0.1) is 0 Å². The second-order valence-corrected chi connectivity index (χ2v) is 0.180. The van der Waals surface area contributed by atoms with Crippen LogP contribution in [-0.2, 0) is 14.4 Å². The Morgan fingerprint density at radius 3 is 1.56 bits per heavy atom. The summed E-state index contributed by atoms with van der Waals surface area (Å²) in [7, 11) is 0. The van der Waals surface area contributed by atoms with Crippen molar-refractivity contribution in [1.82, 2.24) is 0 Å². The summed E-state index contributed by atoms with van der Waals surface area (Å²) in [6, 6.07) is 0. The van der Waals surface area contributed by atoms with Crippen molar-refractivity contribution < 1.29 is 25.6 Å². The van der Waals surface area contributed by atoms with Gasteiger partial charge >= 0.3 is 6.15 Å². The van der Waals surface area contributed by atoms with Gasteiger partial charge in [-0.15, -0.1) is 0 Å². The first-order chi connectivity index (χ1) is 3.83. The summed E-state index contributed by atoms with van der Waals surface area (Å²) < 4.78 is 13.0. The van der Waals surface area contributed by atoms with Gasteiger partial charge in [-0.05, 0) is 0 Å². The highest BCUT2D eigenvalue weighted by Crippen LogP contribution is 0.787. The molecule has 0 unspecified atom stereocenters. The van der Waals surface area contributed by atoms with Crippen LogP contribution in [0.3, 0.4) is 0 Å². The second kappa shape index (κ2) is 372. The number of halogens is 1. The molecule has 0 radical (unpaired) electrons. The van der Waals surface area contributed by atoms with E-state index in [0.29, 0.717) is 0 Å². The summed E-state index contributed by atoms with van der Waals surface area (Å²) in [5.74, 6) is 0. The number of hydrogen-bond donors (Lipinski definition) is 0. The molecule has 0 aromatic carbocycles. The first-order valence-electron chi connectivity index (χ1n) is 1.26. The molecule has 9 heavy (non-hydrogen) atoms. The Balaban J connectivity index is -0.00000000764. The molecule has 0 atom stereocenters. The van der Waals surface area contributed by atoms with Crippen molar-refractivity contribution in [2.75, 3.05) is 0 Å². The summed E-state index contributed by atoms with van der Waals surface area (Å²) in [5, 5.41) is 8.25. The molecule has 0 rings (SSSR count). The highest BCUT2D eigenvalue weighted by molar-refractivity contribution is 5.29. The average molecular weight is 144 g/mol. The third-order valence-corrected chi connectivity index (χ3v) is 0. The standard InChI is InChI=1S/CH2O2.CO2.2CH4.FH.H2/c2*2-1-3;;;;/h1H,(H,2,3);;2*1H4;2*1H/p-1/i/hD.